The first-order chi connectivity index (χ1) is 17.0. The summed E-state index contributed by atoms with van der Waals surface area (Å²) in [6.45, 7) is 3.40. The molecule has 7 N–H and O–H groups in total. The molecule has 5 rings (SSSR count). The molecular formula is C26H29NO9. The van der Waals surface area contributed by atoms with Crippen LogP contribution in [0.2, 0.25) is 0 Å². The topological polar surface area (TPSA) is 180 Å². The first-order valence-corrected chi connectivity index (χ1v) is 12.0. The highest BCUT2D eigenvalue weighted by molar-refractivity contribution is 6.31. The average molecular weight is 500 g/mol. The van der Waals surface area contributed by atoms with Crippen LogP contribution in [0.1, 0.15) is 82.2 Å². The number of ether oxygens (including phenoxy) is 2. The summed E-state index contributed by atoms with van der Waals surface area (Å²) in [5, 5.41) is 54.3. The van der Waals surface area contributed by atoms with Gasteiger partial charge in [-0.25, -0.2) is 0 Å². The summed E-state index contributed by atoms with van der Waals surface area (Å²) >= 11 is 0. The van der Waals surface area contributed by atoms with E-state index in [0.29, 0.717) is 0 Å². The second kappa shape index (κ2) is 8.53. The van der Waals surface area contributed by atoms with Gasteiger partial charge >= 0.3 is 0 Å². The van der Waals surface area contributed by atoms with Crippen molar-refractivity contribution >= 4 is 11.6 Å². The van der Waals surface area contributed by atoms with E-state index in [1.165, 1.54) is 18.2 Å². The molecule has 192 valence electrons. The molecule has 10 heteroatoms. The Morgan fingerprint density at radius 1 is 1.11 bits per heavy atom. The van der Waals surface area contributed by atoms with Gasteiger partial charge in [-0.2, -0.15) is 0 Å². The number of carbonyl (C=O) groups is 2. The zero-order chi connectivity index (χ0) is 26.1. The summed E-state index contributed by atoms with van der Waals surface area (Å²) in [6, 6.07) is 3.40. The number of aliphatic hydroxyl groups excluding tert-OH is 1. The summed E-state index contributed by atoms with van der Waals surface area (Å²) in [5.41, 5.74) is 3.71. The minimum atomic E-state index is -1.34. The van der Waals surface area contributed by atoms with E-state index in [0.717, 1.165) is 0 Å². The van der Waals surface area contributed by atoms with Crippen molar-refractivity contribution in [3.05, 3.63) is 51.6 Å². The van der Waals surface area contributed by atoms with E-state index in [1.807, 2.05) is 0 Å². The predicted octanol–water partition coefficient (Wildman–Crippen LogP) is 1.55. The van der Waals surface area contributed by atoms with Crippen LogP contribution in [-0.4, -0.2) is 67.2 Å². The van der Waals surface area contributed by atoms with Crippen LogP contribution in [-0.2, 0) is 15.9 Å². The van der Waals surface area contributed by atoms with Crippen molar-refractivity contribution in [2.45, 2.75) is 75.8 Å². The number of nitrogens with two attached hydrogens (primary N) is 1. The first kappa shape index (κ1) is 24.7. The SMILES string of the molecule is CC[C@]1(O)Cc2c(O)c3c(c(O)c2[C@@H](OC2CC(N)C(O)C(C)O2)C1)C(=O)c1c(O)cccc1C3=O. The molecule has 1 saturated heterocycles. The normalized spacial score (nSPS) is 31.5. The fraction of sp³-hybridized carbons (Fsp3) is 0.462. The standard InChI is InChI=1S/C26H29NO9/c1-3-26(34)8-12-18(15(9-26)36-16-7-13(27)21(29)10(2)35-16)25(33)20-19(23(12)31)22(30)11-5-4-6-14(28)17(11)24(20)32/h4-6,10,13,15-16,21,28-29,31,33-34H,3,7-9,27H2,1-2H3/t10?,13?,15-,16?,21?,26-/m0/s1. The Labute approximate surface area is 206 Å². The molecule has 0 aromatic heterocycles. The maximum Gasteiger partial charge on any atom is 0.202 e. The lowest BCUT2D eigenvalue weighted by Crippen LogP contribution is -2.52. The maximum atomic E-state index is 13.4. The number of aliphatic hydroxyl groups is 2. The Balaban J connectivity index is 1.66. The van der Waals surface area contributed by atoms with Crippen LogP contribution in [0.4, 0.5) is 0 Å². The van der Waals surface area contributed by atoms with E-state index in [4.69, 9.17) is 15.2 Å². The molecule has 1 fully saturated rings. The van der Waals surface area contributed by atoms with Gasteiger partial charge in [0.2, 0.25) is 5.78 Å². The molecule has 2 aromatic rings. The molecule has 3 aliphatic rings. The van der Waals surface area contributed by atoms with E-state index < -0.39 is 70.6 Å². The molecule has 2 aromatic carbocycles. The summed E-state index contributed by atoms with van der Waals surface area (Å²) < 4.78 is 11.9. The minimum Gasteiger partial charge on any atom is -0.507 e. The zero-order valence-electron chi connectivity index (χ0n) is 19.9. The van der Waals surface area contributed by atoms with Gasteiger partial charge in [0.05, 0.1) is 40.6 Å². The van der Waals surface area contributed by atoms with Gasteiger partial charge in [0.25, 0.3) is 0 Å². The van der Waals surface area contributed by atoms with Crippen LogP contribution in [0, 0.1) is 0 Å². The molecular weight excluding hydrogens is 470 g/mol. The third-order valence-corrected chi connectivity index (χ3v) is 7.68. The van der Waals surface area contributed by atoms with Crippen LogP contribution < -0.4 is 5.73 Å². The number of phenolic OH excluding ortho intramolecular Hbond substituents is 3. The molecule has 0 spiro atoms. The average Bonchev–Trinajstić information content (AvgIpc) is 2.82. The number of fused-ring (bicyclic) bond motifs is 3. The van der Waals surface area contributed by atoms with Gasteiger partial charge in [-0.3, -0.25) is 9.59 Å². The second-order valence-electron chi connectivity index (χ2n) is 9.94. The van der Waals surface area contributed by atoms with Crippen molar-refractivity contribution in [3.63, 3.8) is 0 Å². The third kappa shape index (κ3) is 3.60. The second-order valence-corrected chi connectivity index (χ2v) is 9.94. The van der Waals surface area contributed by atoms with Crippen molar-refractivity contribution in [1.29, 1.82) is 0 Å². The summed E-state index contributed by atoms with van der Waals surface area (Å²) in [5.74, 6) is -3.02. The van der Waals surface area contributed by atoms with Crippen LogP contribution in [0.15, 0.2) is 18.2 Å². The van der Waals surface area contributed by atoms with Crippen LogP contribution in [0.25, 0.3) is 0 Å². The Bertz CT molecular complexity index is 1260. The van der Waals surface area contributed by atoms with Crippen molar-refractivity contribution in [2.75, 3.05) is 0 Å². The van der Waals surface area contributed by atoms with Gasteiger partial charge in [-0.15, -0.1) is 0 Å². The number of rotatable bonds is 3. The van der Waals surface area contributed by atoms with E-state index >= 15 is 0 Å². The van der Waals surface area contributed by atoms with Crippen molar-refractivity contribution in [2.24, 2.45) is 5.73 Å². The number of hydrogen-bond acceptors (Lipinski definition) is 10. The monoisotopic (exact) mass is 499 g/mol. The lowest BCUT2D eigenvalue weighted by Gasteiger charge is -2.42. The number of benzene rings is 2. The van der Waals surface area contributed by atoms with Gasteiger partial charge in [-0.05, 0) is 19.4 Å². The molecule has 1 aliphatic heterocycles. The Kier molecular flexibility index (Phi) is 5.85. The molecule has 6 atom stereocenters. The molecule has 0 saturated carbocycles. The summed E-state index contributed by atoms with van der Waals surface area (Å²) in [6.07, 6.45) is -3.09. The highest BCUT2D eigenvalue weighted by Gasteiger charge is 2.47. The zero-order valence-corrected chi connectivity index (χ0v) is 19.9. The Morgan fingerprint density at radius 3 is 2.47 bits per heavy atom. The third-order valence-electron chi connectivity index (χ3n) is 7.68. The van der Waals surface area contributed by atoms with E-state index in [1.54, 1.807) is 13.8 Å². The van der Waals surface area contributed by atoms with Crippen molar-refractivity contribution in [1.82, 2.24) is 0 Å². The van der Waals surface area contributed by atoms with Crippen LogP contribution in [0.5, 0.6) is 17.2 Å². The molecule has 0 amide bonds. The molecule has 36 heavy (non-hydrogen) atoms. The summed E-state index contributed by atoms with van der Waals surface area (Å²) in [7, 11) is 0. The molecule has 0 bridgehead atoms. The lowest BCUT2D eigenvalue weighted by atomic mass is 9.72. The number of hydrogen-bond donors (Lipinski definition) is 6. The maximum absolute atomic E-state index is 13.4. The van der Waals surface area contributed by atoms with Gasteiger partial charge in [0, 0.05) is 42.0 Å². The predicted molar refractivity (Wildman–Crippen MR) is 125 cm³/mol. The Hall–Kier alpha value is -3.02. The highest BCUT2D eigenvalue weighted by Crippen LogP contribution is 2.52. The van der Waals surface area contributed by atoms with E-state index in [2.05, 4.69) is 0 Å². The van der Waals surface area contributed by atoms with Gasteiger partial charge in [0.1, 0.15) is 17.2 Å². The van der Waals surface area contributed by atoms with Crippen LogP contribution in [0.3, 0.4) is 0 Å². The largest absolute Gasteiger partial charge is 0.507 e. The van der Waals surface area contributed by atoms with Gasteiger partial charge in [-0.1, -0.05) is 19.1 Å². The molecule has 2 aliphatic carbocycles. The lowest BCUT2D eigenvalue weighted by molar-refractivity contribution is -0.247. The van der Waals surface area contributed by atoms with Gasteiger partial charge < -0.3 is 40.7 Å². The fourth-order valence-electron chi connectivity index (χ4n) is 5.58. The highest BCUT2D eigenvalue weighted by atomic mass is 16.7. The minimum absolute atomic E-state index is 0.0122. The fourth-order valence-corrected chi connectivity index (χ4v) is 5.58. The Morgan fingerprint density at radius 2 is 1.81 bits per heavy atom. The summed E-state index contributed by atoms with van der Waals surface area (Å²) in [4.78, 5) is 26.7. The molecule has 0 radical (unpaired) electrons. The van der Waals surface area contributed by atoms with Crippen LogP contribution >= 0.6 is 0 Å². The quantitative estimate of drug-likeness (QED) is 0.289. The van der Waals surface area contributed by atoms with Crippen molar-refractivity contribution < 1.29 is 44.6 Å². The van der Waals surface area contributed by atoms with Gasteiger partial charge in [0.15, 0.2) is 12.1 Å². The first-order valence-electron chi connectivity index (χ1n) is 12.0. The number of ketones is 2. The smallest absolute Gasteiger partial charge is 0.202 e. The molecule has 10 nitrogen and oxygen atoms in total. The molecule has 1 heterocycles. The number of aromatic hydroxyl groups is 3. The number of phenols is 3. The number of carbonyl (C=O) groups excluding carboxylic acids is 2. The van der Waals surface area contributed by atoms with Crippen molar-refractivity contribution in [3.8, 4) is 17.2 Å². The van der Waals surface area contributed by atoms with E-state index in [-0.39, 0.29) is 53.5 Å². The van der Waals surface area contributed by atoms with E-state index in [9.17, 15) is 35.1 Å². The molecule has 4 unspecified atom stereocenters.